The van der Waals surface area contributed by atoms with Crippen LogP contribution < -0.4 is 10.1 Å². The van der Waals surface area contributed by atoms with Gasteiger partial charge in [0.05, 0.1) is 6.61 Å². The van der Waals surface area contributed by atoms with E-state index in [-0.39, 0.29) is 11.9 Å². The molecule has 1 aliphatic rings. The monoisotopic (exact) mass is 265 g/mol. The Morgan fingerprint density at radius 1 is 1.32 bits per heavy atom. The smallest absolute Gasteiger partial charge is 0.165 e. The molecule has 19 heavy (non-hydrogen) atoms. The van der Waals surface area contributed by atoms with Crippen LogP contribution in [0.2, 0.25) is 0 Å². The van der Waals surface area contributed by atoms with Crippen LogP contribution in [0.25, 0.3) is 0 Å². The largest absolute Gasteiger partial charge is 0.490 e. The van der Waals surface area contributed by atoms with E-state index in [0.717, 1.165) is 5.56 Å². The van der Waals surface area contributed by atoms with E-state index in [4.69, 9.17) is 4.74 Å². The van der Waals surface area contributed by atoms with Gasteiger partial charge in [0, 0.05) is 6.04 Å². The quantitative estimate of drug-likeness (QED) is 0.866. The minimum atomic E-state index is -0.254. The molecule has 0 bridgehead atoms. The fraction of sp³-hybridized carbons (Fsp3) is 0.625. The van der Waals surface area contributed by atoms with E-state index >= 15 is 0 Å². The highest BCUT2D eigenvalue weighted by molar-refractivity contribution is 5.30. The first-order valence-corrected chi connectivity index (χ1v) is 7.30. The van der Waals surface area contributed by atoms with Crippen molar-refractivity contribution in [2.24, 2.45) is 5.92 Å². The highest BCUT2D eigenvalue weighted by atomic mass is 19.1. The first kappa shape index (κ1) is 14.3. The van der Waals surface area contributed by atoms with Crippen LogP contribution in [0, 0.1) is 11.7 Å². The van der Waals surface area contributed by atoms with Crippen molar-refractivity contribution in [1.82, 2.24) is 5.32 Å². The van der Waals surface area contributed by atoms with Gasteiger partial charge in [-0.3, -0.25) is 0 Å². The number of benzene rings is 1. The van der Waals surface area contributed by atoms with Gasteiger partial charge in [-0.05, 0) is 50.4 Å². The summed E-state index contributed by atoms with van der Waals surface area (Å²) in [6.07, 6.45) is 6.35. The van der Waals surface area contributed by atoms with Gasteiger partial charge in [0.2, 0.25) is 0 Å². The molecule has 1 aromatic rings. The molecule has 2 rings (SSSR count). The third-order valence-corrected chi connectivity index (χ3v) is 4.09. The highest BCUT2D eigenvalue weighted by Crippen LogP contribution is 2.26. The molecule has 3 heteroatoms. The third-order valence-electron chi connectivity index (χ3n) is 4.09. The molecule has 0 aromatic heterocycles. The SMILES string of the molecule is CNC(C)c1ccc(OCC2CCCCC2)c(F)c1. The highest BCUT2D eigenvalue weighted by Gasteiger charge is 2.15. The van der Waals surface area contributed by atoms with E-state index in [2.05, 4.69) is 5.32 Å². The molecule has 0 amide bonds. The Hall–Kier alpha value is -1.09. The summed E-state index contributed by atoms with van der Waals surface area (Å²) in [6.45, 7) is 2.66. The minimum absolute atomic E-state index is 0.155. The number of hydrogen-bond acceptors (Lipinski definition) is 2. The van der Waals surface area contributed by atoms with Gasteiger partial charge in [-0.15, -0.1) is 0 Å². The van der Waals surface area contributed by atoms with Crippen molar-refractivity contribution >= 4 is 0 Å². The van der Waals surface area contributed by atoms with Gasteiger partial charge in [0.15, 0.2) is 11.6 Å². The van der Waals surface area contributed by atoms with Crippen molar-refractivity contribution in [3.63, 3.8) is 0 Å². The van der Waals surface area contributed by atoms with E-state index in [9.17, 15) is 4.39 Å². The van der Waals surface area contributed by atoms with Crippen LogP contribution in [0.15, 0.2) is 18.2 Å². The van der Waals surface area contributed by atoms with E-state index in [0.29, 0.717) is 18.3 Å². The molecule has 1 N–H and O–H groups in total. The van der Waals surface area contributed by atoms with Gasteiger partial charge in [-0.1, -0.05) is 25.3 Å². The van der Waals surface area contributed by atoms with E-state index in [1.54, 1.807) is 12.1 Å². The molecule has 0 spiro atoms. The van der Waals surface area contributed by atoms with Crippen LogP contribution in [0.5, 0.6) is 5.75 Å². The Kier molecular flexibility index (Phi) is 5.20. The second kappa shape index (κ2) is 6.90. The minimum Gasteiger partial charge on any atom is -0.490 e. The zero-order valence-electron chi connectivity index (χ0n) is 11.9. The summed E-state index contributed by atoms with van der Waals surface area (Å²) in [6, 6.07) is 5.40. The van der Waals surface area contributed by atoms with Crippen LogP contribution in [0.3, 0.4) is 0 Å². The molecule has 2 nitrogen and oxygen atoms in total. The summed E-state index contributed by atoms with van der Waals surface area (Å²) in [4.78, 5) is 0. The first-order chi connectivity index (χ1) is 9.20. The first-order valence-electron chi connectivity index (χ1n) is 7.30. The van der Waals surface area contributed by atoms with Gasteiger partial charge in [0.1, 0.15) is 0 Å². The van der Waals surface area contributed by atoms with Crippen molar-refractivity contribution in [2.45, 2.75) is 45.1 Å². The summed E-state index contributed by atoms with van der Waals surface area (Å²) in [5, 5.41) is 3.10. The zero-order chi connectivity index (χ0) is 13.7. The van der Waals surface area contributed by atoms with E-state index in [1.807, 2.05) is 20.0 Å². The maximum Gasteiger partial charge on any atom is 0.165 e. The number of halogens is 1. The second-order valence-corrected chi connectivity index (χ2v) is 5.52. The molecule has 1 aromatic carbocycles. The lowest BCUT2D eigenvalue weighted by molar-refractivity contribution is 0.202. The maximum absolute atomic E-state index is 13.9. The van der Waals surface area contributed by atoms with E-state index in [1.165, 1.54) is 32.1 Å². The van der Waals surface area contributed by atoms with Crippen LogP contribution >= 0.6 is 0 Å². The van der Waals surface area contributed by atoms with Gasteiger partial charge in [-0.2, -0.15) is 0 Å². The molecule has 1 fully saturated rings. The summed E-state index contributed by atoms with van der Waals surface area (Å²) >= 11 is 0. The number of rotatable bonds is 5. The lowest BCUT2D eigenvalue weighted by atomic mass is 9.90. The molecular weight excluding hydrogens is 241 g/mol. The lowest BCUT2D eigenvalue weighted by Gasteiger charge is -2.22. The summed E-state index contributed by atoms with van der Waals surface area (Å²) in [5.74, 6) is 0.733. The van der Waals surface area contributed by atoms with Crippen molar-refractivity contribution in [3.05, 3.63) is 29.6 Å². The molecule has 1 unspecified atom stereocenters. The van der Waals surface area contributed by atoms with Gasteiger partial charge >= 0.3 is 0 Å². The average molecular weight is 265 g/mol. The third kappa shape index (κ3) is 3.93. The van der Waals surface area contributed by atoms with E-state index < -0.39 is 0 Å². The normalized spacial score (nSPS) is 18.3. The Morgan fingerprint density at radius 3 is 2.68 bits per heavy atom. The van der Waals surface area contributed by atoms with Gasteiger partial charge in [-0.25, -0.2) is 4.39 Å². The van der Waals surface area contributed by atoms with Gasteiger partial charge < -0.3 is 10.1 Å². The van der Waals surface area contributed by atoms with Crippen molar-refractivity contribution < 1.29 is 9.13 Å². The fourth-order valence-corrected chi connectivity index (χ4v) is 2.63. The van der Waals surface area contributed by atoms with Crippen molar-refractivity contribution in [3.8, 4) is 5.75 Å². The molecule has 1 atom stereocenters. The molecule has 0 aliphatic heterocycles. The molecule has 0 heterocycles. The second-order valence-electron chi connectivity index (χ2n) is 5.52. The Labute approximate surface area is 115 Å². The van der Waals surface area contributed by atoms with Crippen molar-refractivity contribution in [1.29, 1.82) is 0 Å². The van der Waals surface area contributed by atoms with Crippen molar-refractivity contribution in [2.75, 3.05) is 13.7 Å². The van der Waals surface area contributed by atoms with Gasteiger partial charge in [0.25, 0.3) is 0 Å². The molecule has 1 saturated carbocycles. The molecule has 106 valence electrons. The molecule has 1 aliphatic carbocycles. The fourth-order valence-electron chi connectivity index (χ4n) is 2.63. The summed E-state index contributed by atoms with van der Waals surface area (Å²) in [5.41, 5.74) is 0.949. The maximum atomic E-state index is 13.9. The van der Waals surface area contributed by atoms with Crippen LogP contribution in [0.4, 0.5) is 4.39 Å². The number of hydrogen-bond donors (Lipinski definition) is 1. The number of ether oxygens (including phenoxy) is 1. The summed E-state index contributed by atoms with van der Waals surface area (Å²) < 4.78 is 19.6. The van der Waals surface area contributed by atoms with Crippen LogP contribution in [-0.4, -0.2) is 13.7 Å². The Balaban J connectivity index is 1.93. The molecule has 0 radical (unpaired) electrons. The Morgan fingerprint density at radius 2 is 2.05 bits per heavy atom. The summed E-state index contributed by atoms with van der Waals surface area (Å²) in [7, 11) is 1.87. The standard InChI is InChI=1S/C16H24FNO/c1-12(18-2)14-8-9-16(15(17)10-14)19-11-13-6-4-3-5-7-13/h8-10,12-13,18H,3-7,11H2,1-2H3. The predicted octanol–water partition coefficient (Wildman–Crippen LogP) is 4.07. The average Bonchev–Trinajstić information content (AvgIpc) is 2.46. The topological polar surface area (TPSA) is 21.3 Å². The zero-order valence-corrected chi connectivity index (χ0v) is 11.9. The molecular formula is C16H24FNO. The van der Waals surface area contributed by atoms with Crippen LogP contribution in [0.1, 0.15) is 50.6 Å². The van der Waals surface area contributed by atoms with Crippen LogP contribution in [-0.2, 0) is 0 Å². The predicted molar refractivity (Wildman–Crippen MR) is 75.9 cm³/mol. The Bertz CT molecular complexity index is 402. The number of nitrogens with one attached hydrogen (secondary N) is 1. The lowest BCUT2D eigenvalue weighted by Crippen LogP contribution is -2.16. The molecule has 0 saturated heterocycles.